The van der Waals surface area contributed by atoms with Gasteiger partial charge >= 0.3 is 5.97 Å². The van der Waals surface area contributed by atoms with Crippen molar-refractivity contribution in [2.45, 2.75) is 78.7 Å². The topological polar surface area (TPSA) is 103 Å². The second-order valence-corrected chi connectivity index (χ2v) is 11.0. The Kier molecular flexibility index (Phi) is 10.3. The molecule has 0 aliphatic carbocycles. The van der Waals surface area contributed by atoms with E-state index in [1.165, 1.54) is 12.1 Å². The Morgan fingerprint density at radius 3 is 2.32 bits per heavy atom. The largest absolute Gasteiger partial charge is 0.466 e. The van der Waals surface area contributed by atoms with Gasteiger partial charge < -0.3 is 19.9 Å². The van der Waals surface area contributed by atoms with E-state index in [9.17, 15) is 14.4 Å². The van der Waals surface area contributed by atoms with Crippen LogP contribution in [0.25, 0.3) is 0 Å². The molecule has 0 spiro atoms. The monoisotopic (exact) mass is 530 g/mol. The summed E-state index contributed by atoms with van der Waals surface area (Å²) in [6.45, 7) is 10.3. The molecule has 2 aliphatic heterocycles. The van der Waals surface area contributed by atoms with Gasteiger partial charge in [0.15, 0.2) is 0 Å². The van der Waals surface area contributed by atoms with Crippen molar-refractivity contribution >= 4 is 23.6 Å². The van der Waals surface area contributed by atoms with E-state index in [1.54, 1.807) is 17.9 Å². The molecule has 1 aromatic rings. The fraction of sp³-hybridized carbons (Fsp3) is 0.655. The maximum atomic E-state index is 15.0. The molecule has 38 heavy (non-hydrogen) atoms. The number of piperidine rings is 2. The number of carbonyl (C=O) groups excluding carboxylic acids is 3. The summed E-state index contributed by atoms with van der Waals surface area (Å²) in [4.78, 5) is 42.1. The van der Waals surface area contributed by atoms with E-state index in [0.717, 1.165) is 45.2 Å². The molecule has 9 heteroatoms. The summed E-state index contributed by atoms with van der Waals surface area (Å²) in [7, 11) is 0. The van der Waals surface area contributed by atoms with E-state index in [1.807, 2.05) is 25.7 Å². The molecular weight excluding hydrogens is 487 g/mol. The van der Waals surface area contributed by atoms with Gasteiger partial charge in [-0.05, 0) is 77.3 Å². The van der Waals surface area contributed by atoms with Crippen LogP contribution >= 0.6 is 0 Å². The van der Waals surface area contributed by atoms with Crippen LogP contribution in [0.2, 0.25) is 0 Å². The normalized spacial score (nSPS) is 17.6. The average Bonchev–Trinajstić information content (AvgIpc) is 2.91. The lowest BCUT2D eigenvalue weighted by molar-refractivity contribution is -0.145. The lowest BCUT2D eigenvalue weighted by Crippen LogP contribution is -2.54. The molecule has 3 rings (SSSR count). The summed E-state index contributed by atoms with van der Waals surface area (Å²) in [6.07, 6.45) is 5.51. The number of amides is 2. The third-order valence-corrected chi connectivity index (χ3v) is 7.96. The number of rotatable bonds is 9. The second-order valence-electron chi connectivity index (χ2n) is 11.0. The van der Waals surface area contributed by atoms with Crippen LogP contribution < -0.4 is 5.32 Å². The number of carbonyl (C=O) groups is 3. The standard InChI is InChI=1S/C29H43FN4O4/c1-5-24(29(3,4)28(37)34-16-12-20(13-17-34)18-25(35)38-6-2)32-27(36)22-11-10-21(19-23(22)30)26(31)33-14-8-7-9-15-33/h10-11,19-20,24,31H,5-9,12-18H2,1-4H3,(H,32,36). The zero-order valence-electron chi connectivity index (χ0n) is 23.3. The maximum absolute atomic E-state index is 15.0. The second kappa shape index (κ2) is 13.2. The molecule has 8 nitrogen and oxygen atoms in total. The lowest BCUT2D eigenvalue weighted by Gasteiger charge is -2.40. The summed E-state index contributed by atoms with van der Waals surface area (Å²) >= 11 is 0. The van der Waals surface area contributed by atoms with Crippen molar-refractivity contribution in [2.75, 3.05) is 32.8 Å². The highest BCUT2D eigenvalue weighted by Gasteiger charge is 2.41. The van der Waals surface area contributed by atoms with E-state index in [2.05, 4.69) is 5.32 Å². The molecule has 1 atom stereocenters. The van der Waals surface area contributed by atoms with Crippen molar-refractivity contribution in [1.82, 2.24) is 15.1 Å². The third kappa shape index (κ3) is 7.11. The third-order valence-electron chi connectivity index (χ3n) is 7.96. The number of esters is 1. The number of ether oxygens (including phenoxy) is 1. The fourth-order valence-electron chi connectivity index (χ4n) is 5.53. The van der Waals surface area contributed by atoms with Gasteiger partial charge in [-0.25, -0.2) is 4.39 Å². The lowest BCUT2D eigenvalue weighted by atomic mass is 9.80. The number of benzene rings is 1. The van der Waals surface area contributed by atoms with E-state index in [0.29, 0.717) is 38.1 Å². The summed E-state index contributed by atoms with van der Waals surface area (Å²) in [5.41, 5.74) is -0.540. The van der Waals surface area contributed by atoms with E-state index in [-0.39, 0.29) is 29.2 Å². The van der Waals surface area contributed by atoms with Crippen molar-refractivity contribution in [3.63, 3.8) is 0 Å². The number of hydrogen-bond acceptors (Lipinski definition) is 5. The smallest absolute Gasteiger partial charge is 0.306 e. The van der Waals surface area contributed by atoms with Crippen molar-refractivity contribution in [2.24, 2.45) is 11.3 Å². The average molecular weight is 531 g/mol. The number of likely N-dealkylation sites (tertiary alicyclic amines) is 2. The highest BCUT2D eigenvalue weighted by atomic mass is 19.1. The summed E-state index contributed by atoms with van der Waals surface area (Å²) in [5, 5.41) is 11.3. The molecule has 0 saturated carbocycles. The first kappa shape index (κ1) is 29.6. The number of nitrogens with one attached hydrogen (secondary N) is 2. The number of hydrogen-bond donors (Lipinski definition) is 2. The minimum Gasteiger partial charge on any atom is -0.466 e. The Hall–Kier alpha value is -2.97. The van der Waals surface area contributed by atoms with E-state index < -0.39 is 23.2 Å². The van der Waals surface area contributed by atoms with Gasteiger partial charge in [0.2, 0.25) is 5.91 Å². The van der Waals surface area contributed by atoms with Gasteiger partial charge in [0, 0.05) is 44.2 Å². The first-order chi connectivity index (χ1) is 18.1. The molecular formula is C29H43FN4O4. The van der Waals surface area contributed by atoms with Gasteiger partial charge in [0.1, 0.15) is 11.7 Å². The van der Waals surface area contributed by atoms with E-state index in [4.69, 9.17) is 10.1 Å². The SMILES string of the molecule is CCOC(=O)CC1CCN(C(=O)C(C)(C)C(CC)NC(=O)c2ccc(C(=N)N3CCCCC3)cc2F)CC1. The first-order valence-electron chi connectivity index (χ1n) is 14.0. The number of halogens is 1. The molecule has 0 radical (unpaired) electrons. The quantitative estimate of drug-likeness (QED) is 0.281. The molecule has 0 aromatic heterocycles. The fourth-order valence-corrected chi connectivity index (χ4v) is 5.53. The van der Waals surface area contributed by atoms with Gasteiger partial charge in [0.05, 0.1) is 17.6 Å². The highest BCUT2D eigenvalue weighted by molar-refractivity contribution is 5.99. The van der Waals surface area contributed by atoms with Crippen LogP contribution in [0.5, 0.6) is 0 Å². The van der Waals surface area contributed by atoms with E-state index >= 15 is 4.39 Å². The van der Waals surface area contributed by atoms with Crippen molar-refractivity contribution in [1.29, 1.82) is 5.41 Å². The molecule has 0 bridgehead atoms. The van der Waals surface area contributed by atoms with Crippen LogP contribution in [0.4, 0.5) is 4.39 Å². The first-order valence-corrected chi connectivity index (χ1v) is 14.0. The van der Waals surface area contributed by atoms with Crippen LogP contribution in [0, 0.1) is 22.6 Å². The Balaban J connectivity index is 1.61. The Morgan fingerprint density at radius 1 is 1.08 bits per heavy atom. The van der Waals surface area contributed by atoms with Crippen LogP contribution in [0.3, 0.4) is 0 Å². The molecule has 1 aromatic carbocycles. The number of nitrogens with zero attached hydrogens (tertiary/aromatic N) is 2. The molecule has 2 heterocycles. The van der Waals surface area contributed by atoms with Gasteiger partial charge in [-0.15, -0.1) is 0 Å². The Labute approximate surface area is 225 Å². The molecule has 2 aliphatic rings. The highest BCUT2D eigenvalue weighted by Crippen LogP contribution is 2.30. The minimum absolute atomic E-state index is 0.0648. The summed E-state index contributed by atoms with van der Waals surface area (Å²) in [5.74, 6) is -1.03. The van der Waals surface area contributed by atoms with Gasteiger partial charge in [-0.1, -0.05) is 13.0 Å². The van der Waals surface area contributed by atoms with Crippen molar-refractivity contribution < 1.29 is 23.5 Å². The van der Waals surface area contributed by atoms with Gasteiger partial charge in [0.25, 0.3) is 5.91 Å². The van der Waals surface area contributed by atoms with Gasteiger partial charge in [-0.3, -0.25) is 19.8 Å². The maximum Gasteiger partial charge on any atom is 0.306 e. The minimum atomic E-state index is -0.898. The summed E-state index contributed by atoms with van der Waals surface area (Å²) < 4.78 is 20.1. The van der Waals surface area contributed by atoms with Gasteiger partial charge in [-0.2, -0.15) is 0 Å². The zero-order chi connectivity index (χ0) is 27.9. The predicted octanol–water partition coefficient (Wildman–Crippen LogP) is 4.36. The Bertz CT molecular complexity index is 1010. The molecule has 2 saturated heterocycles. The zero-order valence-corrected chi connectivity index (χ0v) is 23.3. The van der Waals surface area contributed by atoms with Crippen LogP contribution in [-0.4, -0.2) is 72.2 Å². The molecule has 1 unspecified atom stereocenters. The molecule has 2 N–H and O–H groups in total. The van der Waals surface area contributed by atoms with Crippen LogP contribution in [0.1, 0.15) is 88.6 Å². The number of amidine groups is 1. The Morgan fingerprint density at radius 2 is 1.74 bits per heavy atom. The van der Waals surface area contributed by atoms with Crippen LogP contribution in [0.15, 0.2) is 18.2 Å². The molecule has 2 amide bonds. The predicted molar refractivity (Wildman–Crippen MR) is 145 cm³/mol. The van der Waals surface area contributed by atoms with Crippen molar-refractivity contribution in [3.8, 4) is 0 Å². The molecule has 2 fully saturated rings. The molecule has 210 valence electrons. The van der Waals surface area contributed by atoms with Crippen LogP contribution in [-0.2, 0) is 14.3 Å². The summed E-state index contributed by atoms with van der Waals surface area (Å²) in [6, 6.07) is 3.80. The van der Waals surface area contributed by atoms with Crippen molar-refractivity contribution in [3.05, 3.63) is 35.1 Å².